The Hall–Kier alpha value is -2.03. The summed E-state index contributed by atoms with van der Waals surface area (Å²) < 4.78 is 33.0. The van der Waals surface area contributed by atoms with Crippen molar-refractivity contribution in [1.29, 1.82) is 0 Å². The van der Waals surface area contributed by atoms with Crippen LogP contribution in [-0.2, 0) is 14.8 Å². The number of ether oxygens (including phenoxy) is 1. The highest BCUT2D eigenvalue weighted by Crippen LogP contribution is 2.25. The Morgan fingerprint density at radius 1 is 1.33 bits per heavy atom. The standard InChI is InChI=1S/C16H19N3O4S/c1-23-16(20)15-13-5-2-6-14(12(13)7-9-18-15)24(21,22)19-11-4-3-8-17-10-11/h2,5-7,9,11,17,19H,3-4,8,10H2,1H3. The number of carbonyl (C=O) groups excluding carboxylic acids is 1. The quantitative estimate of drug-likeness (QED) is 0.801. The largest absolute Gasteiger partial charge is 0.464 e. The van der Waals surface area contributed by atoms with Gasteiger partial charge >= 0.3 is 5.97 Å². The molecular formula is C16H19N3O4S. The number of rotatable bonds is 4. The van der Waals surface area contributed by atoms with Crippen molar-refractivity contribution < 1.29 is 17.9 Å². The van der Waals surface area contributed by atoms with Gasteiger partial charge in [0.2, 0.25) is 10.0 Å². The molecule has 0 radical (unpaired) electrons. The molecule has 1 fully saturated rings. The summed E-state index contributed by atoms with van der Waals surface area (Å²) in [5.41, 5.74) is 0.103. The number of esters is 1. The number of hydrogen-bond acceptors (Lipinski definition) is 6. The average Bonchev–Trinajstić information content (AvgIpc) is 2.60. The second-order valence-electron chi connectivity index (χ2n) is 5.67. The predicted molar refractivity (Wildman–Crippen MR) is 89.3 cm³/mol. The summed E-state index contributed by atoms with van der Waals surface area (Å²) in [7, 11) is -2.44. The minimum atomic E-state index is -3.71. The molecule has 0 aliphatic carbocycles. The van der Waals surface area contributed by atoms with E-state index in [0.29, 0.717) is 17.3 Å². The van der Waals surface area contributed by atoms with Crippen LogP contribution in [0.15, 0.2) is 35.4 Å². The third-order valence-electron chi connectivity index (χ3n) is 4.05. The molecule has 8 heteroatoms. The number of carbonyl (C=O) groups is 1. The summed E-state index contributed by atoms with van der Waals surface area (Å²) in [5, 5.41) is 4.08. The molecule has 24 heavy (non-hydrogen) atoms. The number of nitrogens with zero attached hydrogens (tertiary/aromatic N) is 1. The highest BCUT2D eigenvalue weighted by atomic mass is 32.2. The normalized spacial score (nSPS) is 18.5. The predicted octanol–water partition coefficient (Wildman–Crippen LogP) is 1.05. The molecule has 2 N–H and O–H groups in total. The molecule has 1 aliphatic rings. The summed E-state index contributed by atoms with van der Waals surface area (Å²) in [6.07, 6.45) is 3.14. The van der Waals surface area contributed by atoms with E-state index in [1.54, 1.807) is 18.2 Å². The molecule has 1 atom stereocenters. The maximum atomic E-state index is 12.8. The van der Waals surface area contributed by atoms with Crippen molar-refractivity contribution in [2.45, 2.75) is 23.8 Å². The Morgan fingerprint density at radius 2 is 2.17 bits per heavy atom. The fourth-order valence-corrected chi connectivity index (χ4v) is 4.40. The van der Waals surface area contributed by atoms with Gasteiger partial charge in [0, 0.05) is 29.6 Å². The maximum Gasteiger partial charge on any atom is 0.357 e. The molecule has 1 aromatic carbocycles. The number of pyridine rings is 1. The van der Waals surface area contributed by atoms with Crippen LogP contribution in [0.1, 0.15) is 23.3 Å². The van der Waals surface area contributed by atoms with Crippen molar-refractivity contribution in [1.82, 2.24) is 15.0 Å². The van der Waals surface area contributed by atoms with Crippen molar-refractivity contribution >= 4 is 26.8 Å². The highest BCUT2D eigenvalue weighted by Gasteiger charge is 2.24. The van der Waals surface area contributed by atoms with Crippen LogP contribution in [0.5, 0.6) is 0 Å². The molecule has 1 unspecified atom stereocenters. The van der Waals surface area contributed by atoms with Crippen LogP contribution in [0, 0.1) is 0 Å². The number of sulfonamides is 1. The summed E-state index contributed by atoms with van der Waals surface area (Å²) in [6, 6.07) is 6.25. The van der Waals surface area contributed by atoms with Crippen LogP contribution >= 0.6 is 0 Å². The molecule has 0 bridgehead atoms. The lowest BCUT2D eigenvalue weighted by molar-refractivity contribution is 0.0596. The van der Waals surface area contributed by atoms with Crippen molar-refractivity contribution in [3.8, 4) is 0 Å². The summed E-state index contributed by atoms with van der Waals surface area (Å²) in [4.78, 5) is 16.0. The van der Waals surface area contributed by atoms with E-state index in [9.17, 15) is 13.2 Å². The van der Waals surface area contributed by atoms with Crippen LogP contribution in [-0.4, -0.2) is 45.6 Å². The van der Waals surface area contributed by atoms with E-state index in [2.05, 4.69) is 15.0 Å². The van der Waals surface area contributed by atoms with Gasteiger partial charge in [0.15, 0.2) is 5.69 Å². The van der Waals surface area contributed by atoms with E-state index >= 15 is 0 Å². The van der Waals surface area contributed by atoms with Crippen molar-refractivity contribution in [3.63, 3.8) is 0 Å². The second-order valence-corrected chi connectivity index (χ2v) is 7.35. The van der Waals surface area contributed by atoms with Gasteiger partial charge in [-0.1, -0.05) is 12.1 Å². The van der Waals surface area contributed by atoms with Crippen molar-refractivity contribution in [3.05, 3.63) is 36.2 Å². The first-order valence-electron chi connectivity index (χ1n) is 7.72. The number of nitrogens with one attached hydrogen (secondary N) is 2. The summed E-state index contributed by atoms with van der Waals surface area (Å²) >= 11 is 0. The average molecular weight is 349 g/mol. The van der Waals surface area contributed by atoms with Crippen LogP contribution in [0.4, 0.5) is 0 Å². The summed E-state index contributed by atoms with van der Waals surface area (Å²) in [6.45, 7) is 1.51. The van der Waals surface area contributed by atoms with Gasteiger partial charge in [0.25, 0.3) is 0 Å². The van der Waals surface area contributed by atoms with E-state index in [4.69, 9.17) is 4.74 Å². The lowest BCUT2D eigenvalue weighted by Crippen LogP contribution is -2.45. The fourth-order valence-electron chi connectivity index (χ4n) is 2.91. The number of methoxy groups -OCH3 is 1. The minimum absolute atomic E-state index is 0.103. The lowest BCUT2D eigenvalue weighted by atomic mass is 10.1. The van der Waals surface area contributed by atoms with E-state index in [0.717, 1.165) is 19.4 Å². The topological polar surface area (TPSA) is 97.4 Å². The van der Waals surface area contributed by atoms with Crippen LogP contribution in [0.2, 0.25) is 0 Å². The highest BCUT2D eigenvalue weighted by molar-refractivity contribution is 7.89. The van der Waals surface area contributed by atoms with Crippen LogP contribution in [0.25, 0.3) is 10.8 Å². The molecule has 7 nitrogen and oxygen atoms in total. The van der Waals surface area contributed by atoms with Gasteiger partial charge in [-0.3, -0.25) is 0 Å². The number of benzene rings is 1. The first-order chi connectivity index (χ1) is 11.5. The van der Waals surface area contributed by atoms with Crippen molar-refractivity contribution in [2.75, 3.05) is 20.2 Å². The van der Waals surface area contributed by atoms with Crippen LogP contribution in [0.3, 0.4) is 0 Å². The maximum absolute atomic E-state index is 12.8. The zero-order valence-electron chi connectivity index (χ0n) is 13.3. The smallest absolute Gasteiger partial charge is 0.357 e. The lowest BCUT2D eigenvalue weighted by Gasteiger charge is -2.24. The molecule has 2 heterocycles. The summed E-state index contributed by atoms with van der Waals surface area (Å²) in [5.74, 6) is -0.598. The third kappa shape index (κ3) is 3.26. The third-order valence-corrected chi connectivity index (χ3v) is 5.63. The Morgan fingerprint density at radius 3 is 2.88 bits per heavy atom. The SMILES string of the molecule is COC(=O)c1nccc2c(S(=O)(=O)NC3CCCNC3)cccc12. The molecule has 2 aromatic rings. The number of piperidine rings is 1. The van der Waals surface area contributed by atoms with Crippen LogP contribution < -0.4 is 10.0 Å². The Balaban J connectivity index is 2.04. The Labute approximate surface area is 140 Å². The van der Waals surface area contributed by atoms with Gasteiger partial charge in [0.1, 0.15) is 0 Å². The van der Waals surface area contributed by atoms with Gasteiger partial charge < -0.3 is 10.1 Å². The van der Waals surface area contributed by atoms with Gasteiger partial charge in [-0.15, -0.1) is 0 Å². The van der Waals surface area contributed by atoms with E-state index in [1.807, 2.05) is 0 Å². The van der Waals surface area contributed by atoms with E-state index in [-0.39, 0.29) is 16.6 Å². The monoisotopic (exact) mass is 349 g/mol. The molecule has 1 aliphatic heterocycles. The van der Waals surface area contributed by atoms with E-state index < -0.39 is 16.0 Å². The zero-order valence-corrected chi connectivity index (χ0v) is 14.1. The molecule has 1 saturated heterocycles. The molecule has 0 amide bonds. The van der Waals surface area contributed by atoms with Gasteiger partial charge in [-0.05, 0) is 31.5 Å². The molecule has 0 saturated carbocycles. The minimum Gasteiger partial charge on any atom is -0.464 e. The fraction of sp³-hybridized carbons (Fsp3) is 0.375. The molecule has 128 valence electrons. The van der Waals surface area contributed by atoms with E-state index in [1.165, 1.54) is 19.4 Å². The molecular weight excluding hydrogens is 330 g/mol. The van der Waals surface area contributed by atoms with Gasteiger partial charge in [-0.25, -0.2) is 22.9 Å². The van der Waals surface area contributed by atoms with Gasteiger partial charge in [0.05, 0.1) is 12.0 Å². The first kappa shape index (κ1) is 16.8. The van der Waals surface area contributed by atoms with Crippen molar-refractivity contribution in [2.24, 2.45) is 0 Å². The van der Waals surface area contributed by atoms with Gasteiger partial charge in [-0.2, -0.15) is 0 Å². The number of aromatic nitrogens is 1. The number of fused-ring (bicyclic) bond motifs is 1. The zero-order chi connectivity index (χ0) is 17.2. The Bertz CT molecular complexity index is 861. The Kier molecular flexibility index (Phi) is 4.79. The molecule has 3 rings (SSSR count). The molecule has 0 spiro atoms. The number of hydrogen-bond donors (Lipinski definition) is 2. The second kappa shape index (κ2) is 6.84. The first-order valence-corrected chi connectivity index (χ1v) is 9.20. The molecule has 1 aromatic heterocycles.